The van der Waals surface area contributed by atoms with Crippen molar-refractivity contribution in [2.75, 3.05) is 14.1 Å². The fourth-order valence-electron chi connectivity index (χ4n) is 2.35. The highest BCUT2D eigenvalue weighted by atomic mass is 32.2. The molecule has 0 aliphatic heterocycles. The van der Waals surface area contributed by atoms with E-state index in [9.17, 15) is 8.42 Å². The average Bonchev–Trinajstić information content (AvgIpc) is 2.80. The molecule has 4 nitrogen and oxygen atoms in total. The predicted molar refractivity (Wildman–Crippen MR) is 59.7 cm³/mol. The van der Waals surface area contributed by atoms with Crippen molar-refractivity contribution in [3.63, 3.8) is 0 Å². The topological polar surface area (TPSA) is 40.6 Å². The van der Waals surface area contributed by atoms with Crippen LogP contribution < -0.4 is 0 Å². The highest BCUT2D eigenvalue weighted by Crippen LogP contribution is 2.36. The molecule has 0 aromatic rings. The number of rotatable bonds is 4. The maximum absolute atomic E-state index is 12.2. The third kappa shape index (κ3) is 2.19. The van der Waals surface area contributed by atoms with Gasteiger partial charge in [-0.3, -0.25) is 0 Å². The average molecular weight is 232 g/mol. The van der Waals surface area contributed by atoms with Crippen LogP contribution in [0.3, 0.4) is 0 Å². The van der Waals surface area contributed by atoms with Crippen molar-refractivity contribution >= 4 is 10.2 Å². The summed E-state index contributed by atoms with van der Waals surface area (Å²) in [5.74, 6) is 0. The smallest absolute Gasteiger partial charge is 0.195 e. The van der Waals surface area contributed by atoms with E-state index in [-0.39, 0.29) is 6.04 Å². The van der Waals surface area contributed by atoms with Gasteiger partial charge in [-0.25, -0.2) is 0 Å². The van der Waals surface area contributed by atoms with E-state index in [1.807, 2.05) is 0 Å². The molecular weight excluding hydrogens is 212 g/mol. The lowest BCUT2D eigenvalue weighted by Gasteiger charge is -2.30. The molecule has 88 valence electrons. The van der Waals surface area contributed by atoms with E-state index in [1.54, 1.807) is 18.4 Å². The summed E-state index contributed by atoms with van der Waals surface area (Å²) in [6, 6.07) is 0.561. The Morgan fingerprint density at radius 3 is 1.80 bits per heavy atom. The van der Waals surface area contributed by atoms with Crippen molar-refractivity contribution in [2.45, 2.75) is 50.6 Å². The van der Waals surface area contributed by atoms with Crippen molar-refractivity contribution in [3.05, 3.63) is 0 Å². The molecule has 0 aromatic carbocycles. The lowest BCUT2D eigenvalue weighted by Crippen LogP contribution is -2.46. The van der Waals surface area contributed by atoms with E-state index >= 15 is 0 Å². The molecule has 0 radical (unpaired) electrons. The molecule has 0 atom stereocenters. The van der Waals surface area contributed by atoms with Crippen molar-refractivity contribution < 1.29 is 8.42 Å². The van der Waals surface area contributed by atoms with Crippen LogP contribution in [0.5, 0.6) is 0 Å². The summed E-state index contributed by atoms with van der Waals surface area (Å²) in [6.07, 6.45) is 6.54. The maximum atomic E-state index is 12.2. The van der Waals surface area contributed by atoms with Gasteiger partial charge in [0.25, 0.3) is 10.2 Å². The fourth-order valence-corrected chi connectivity index (χ4v) is 3.90. The van der Waals surface area contributed by atoms with Gasteiger partial charge in [-0.1, -0.05) is 12.8 Å². The number of nitrogens with zero attached hydrogens (tertiary/aromatic N) is 2. The van der Waals surface area contributed by atoms with Crippen LogP contribution in [-0.2, 0) is 10.2 Å². The van der Waals surface area contributed by atoms with Crippen LogP contribution in [0.25, 0.3) is 0 Å². The largest absolute Gasteiger partial charge is 0.281 e. The summed E-state index contributed by atoms with van der Waals surface area (Å²) < 4.78 is 27.4. The van der Waals surface area contributed by atoms with Gasteiger partial charge in [-0.15, -0.1) is 0 Å². The van der Waals surface area contributed by atoms with Crippen LogP contribution >= 0.6 is 0 Å². The Bertz CT molecular complexity index is 316. The summed E-state index contributed by atoms with van der Waals surface area (Å²) in [5.41, 5.74) is 0. The van der Waals surface area contributed by atoms with Gasteiger partial charge < -0.3 is 0 Å². The molecule has 2 saturated carbocycles. The molecule has 0 heterocycles. The van der Waals surface area contributed by atoms with Gasteiger partial charge in [0.15, 0.2) is 0 Å². The summed E-state index contributed by atoms with van der Waals surface area (Å²) in [4.78, 5) is 0. The van der Waals surface area contributed by atoms with E-state index in [4.69, 9.17) is 0 Å². The molecule has 15 heavy (non-hydrogen) atoms. The van der Waals surface area contributed by atoms with E-state index in [2.05, 4.69) is 0 Å². The van der Waals surface area contributed by atoms with Gasteiger partial charge in [0, 0.05) is 26.2 Å². The normalized spacial score (nSPS) is 24.3. The van der Waals surface area contributed by atoms with Crippen molar-refractivity contribution in [1.29, 1.82) is 0 Å². The van der Waals surface area contributed by atoms with E-state index in [1.165, 1.54) is 17.1 Å². The zero-order valence-corrected chi connectivity index (χ0v) is 10.3. The molecule has 0 spiro atoms. The SMILES string of the molecule is CN(C)S(=O)(=O)N(C1CCCC1)C1CC1. The first kappa shape index (κ1) is 11.4. The van der Waals surface area contributed by atoms with E-state index < -0.39 is 10.2 Å². The van der Waals surface area contributed by atoms with Crippen molar-refractivity contribution in [3.8, 4) is 0 Å². The fraction of sp³-hybridized carbons (Fsp3) is 1.00. The van der Waals surface area contributed by atoms with Crippen LogP contribution in [0.4, 0.5) is 0 Å². The zero-order chi connectivity index (χ0) is 11.1. The Morgan fingerprint density at radius 2 is 1.40 bits per heavy atom. The molecule has 0 aromatic heterocycles. The molecule has 0 amide bonds. The first-order valence-corrected chi connectivity index (χ1v) is 7.14. The summed E-state index contributed by atoms with van der Waals surface area (Å²) in [6.45, 7) is 0. The Kier molecular flexibility index (Phi) is 3.05. The number of hydrogen-bond donors (Lipinski definition) is 0. The van der Waals surface area contributed by atoms with Gasteiger partial charge in [-0.2, -0.15) is 17.0 Å². The molecule has 2 fully saturated rings. The quantitative estimate of drug-likeness (QED) is 0.731. The van der Waals surface area contributed by atoms with E-state index in [0.29, 0.717) is 6.04 Å². The minimum absolute atomic E-state index is 0.268. The standard InChI is InChI=1S/C10H20N2O2S/c1-11(2)15(13,14)12(10-7-8-10)9-5-3-4-6-9/h9-10H,3-8H2,1-2H3. The zero-order valence-electron chi connectivity index (χ0n) is 9.52. The minimum atomic E-state index is -3.19. The minimum Gasteiger partial charge on any atom is -0.195 e. The van der Waals surface area contributed by atoms with Crippen LogP contribution in [-0.4, -0.2) is 43.2 Å². The molecule has 0 saturated heterocycles. The molecule has 5 heteroatoms. The predicted octanol–water partition coefficient (Wildman–Crippen LogP) is 1.20. The lowest BCUT2D eigenvalue weighted by molar-refractivity contribution is 0.294. The maximum Gasteiger partial charge on any atom is 0.281 e. The molecule has 2 rings (SSSR count). The van der Waals surface area contributed by atoms with Gasteiger partial charge >= 0.3 is 0 Å². The van der Waals surface area contributed by atoms with E-state index in [0.717, 1.165) is 25.7 Å². The molecule has 0 bridgehead atoms. The van der Waals surface area contributed by atoms with Gasteiger partial charge in [-0.05, 0) is 25.7 Å². The second-order valence-electron chi connectivity index (χ2n) is 4.79. The molecule has 0 N–H and O–H groups in total. The number of hydrogen-bond acceptors (Lipinski definition) is 2. The molecule has 2 aliphatic carbocycles. The Morgan fingerprint density at radius 1 is 0.933 bits per heavy atom. The lowest BCUT2D eigenvalue weighted by atomic mass is 10.2. The second kappa shape index (κ2) is 4.03. The first-order chi connectivity index (χ1) is 7.03. The molecule has 2 aliphatic rings. The Balaban J connectivity index is 2.18. The Hall–Kier alpha value is -0.130. The van der Waals surface area contributed by atoms with Gasteiger partial charge in [0.05, 0.1) is 0 Å². The highest BCUT2D eigenvalue weighted by Gasteiger charge is 2.43. The van der Waals surface area contributed by atoms with Crippen molar-refractivity contribution in [1.82, 2.24) is 8.61 Å². The van der Waals surface area contributed by atoms with Crippen LogP contribution in [0, 0.1) is 0 Å². The van der Waals surface area contributed by atoms with Gasteiger partial charge in [0.1, 0.15) is 0 Å². The summed E-state index contributed by atoms with van der Waals surface area (Å²) >= 11 is 0. The van der Waals surface area contributed by atoms with Gasteiger partial charge in [0.2, 0.25) is 0 Å². The summed E-state index contributed by atoms with van der Waals surface area (Å²) in [7, 11) is 0.0568. The molecular formula is C10H20N2O2S. The third-order valence-corrected chi connectivity index (χ3v) is 5.37. The summed E-state index contributed by atoms with van der Waals surface area (Å²) in [5, 5.41) is 0. The van der Waals surface area contributed by atoms with Crippen LogP contribution in [0.2, 0.25) is 0 Å². The first-order valence-electron chi connectivity index (χ1n) is 5.74. The monoisotopic (exact) mass is 232 g/mol. The van der Waals surface area contributed by atoms with Crippen LogP contribution in [0.1, 0.15) is 38.5 Å². The van der Waals surface area contributed by atoms with Crippen LogP contribution in [0.15, 0.2) is 0 Å². The third-order valence-electron chi connectivity index (χ3n) is 3.32. The highest BCUT2D eigenvalue weighted by molar-refractivity contribution is 7.86. The van der Waals surface area contributed by atoms with Crippen molar-refractivity contribution in [2.24, 2.45) is 0 Å². The Labute approximate surface area is 92.4 Å². The molecule has 0 unspecified atom stereocenters. The second-order valence-corrected chi connectivity index (χ2v) is 6.84.